The highest BCUT2D eigenvalue weighted by Gasteiger charge is 2.39. The number of ether oxygens (including phenoxy) is 1. The molecule has 162 valence electrons. The van der Waals surface area contributed by atoms with Gasteiger partial charge in [0.1, 0.15) is 11.4 Å². The van der Waals surface area contributed by atoms with E-state index in [1.807, 2.05) is 31.2 Å². The van der Waals surface area contributed by atoms with E-state index in [0.717, 1.165) is 34.0 Å². The van der Waals surface area contributed by atoms with Crippen LogP contribution in [0.4, 0.5) is 0 Å². The van der Waals surface area contributed by atoms with E-state index in [-0.39, 0.29) is 29.0 Å². The monoisotopic (exact) mass is 430 g/mol. The van der Waals surface area contributed by atoms with E-state index >= 15 is 0 Å². The summed E-state index contributed by atoms with van der Waals surface area (Å²) in [5.41, 5.74) is 1.56. The Bertz CT molecular complexity index is 998. The van der Waals surface area contributed by atoms with Gasteiger partial charge >= 0.3 is 0 Å². The highest BCUT2D eigenvalue weighted by atomic mass is 32.2. The van der Waals surface area contributed by atoms with Crippen LogP contribution in [0.15, 0.2) is 53.4 Å². The zero-order valence-corrected chi connectivity index (χ0v) is 18.8. The summed E-state index contributed by atoms with van der Waals surface area (Å²) >= 11 is 0. The van der Waals surface area contributed by atoms with E-state index in [2.05, 4.69) is 19.2 Å². The van der Waals surface area contributed by atoms with Gasteiger partial charge in [-0.15, -0.1) is 0 Å². The lowest BCUT2D eigenvalue weighted by atomic mass is 9.83. The third-order valence-corrected chi connectivity index (χ3v) is 7.73. The molecule has 0 saturated carbocycles. The third-order valence-electron chi connectivity index (χ3n) is 5.92. The minimum Gasteiger partial charge on any atom is -0.487 e. The molecule has 0 radical (unpaired) electrons. The number of aryl methyl sites for hydroxylation is 1. The molecular formula is C23H30N2O4S. The Morgan fingerprint density at radius 1 is 1.13 bits per heavy atom. The molecule has 2 aromatic rings. The number of carbonyl (C=O) groups is 1. The number of hydrogen-bond acceptors (Lipinski definition) is 4. The van der Waals surface area contributed by atoms with Crippen LogP contribution in [0.1, 0.15) is 50.3 Å². The zero-order valence-electron chi connectivity index (χ0n) is 18.0. The molecule has 0 bridgehead atoms. The summed E-state index contributed by atoms with van der Waals surface area (Å²) in [7, 11) is -2.31. The smallest absolute Gasteiger partial charge is 0.243 e. The van der Waals surface area contributed by atoms with E-state index in [1.54, 1.807) is 24.3 Å². The van der Waals surface area contributed by atoms with E-state index in [9.17, 15) is 13.2 Å². The normalized spacial score (nSPS) is 17.8. The van der Waals surface area contributed by atoms with E-state index in [4.69, 9.17) is 4.74 Å². The first-order valence-corrected chi connectivity index (χ1v) is 11.7. The van der Waals surface area contributed by atoms with Crippen molar-refractivity contribution >= 4 is 15.9 Å². The highest BCUT2D eigenvalue weighted by Crippen LogP contribution is 2.42. The van der Waals surface area contributed by atoms with Gasteiger partial charge < -0.3 is 10.1 Å². The van der Waals surface area contributed by atoms with Crippen LogP contribution >= 0.6 is 0 Å². The summed E-state index contributed by atoms with van der Waals surface area (Å²) in [5, 5.41) is 3.04. The Hall–Kier alpha value is -2.38. The SMILES string of the molecule is CCC1(CC)C[C@@H](NC(=O)CN(C)S(=O)(=O)c2ccc(C)cc2)c2ccccc2O1. The molecule has 0 unspecified atom stereocenters. The molecule has 7 heteroatoms. The molecule has 0 saturated heterocycles. The van der Waals surface area contributed by atoms with Gasteiger partial charge in [0, 0.05) is 19.0 Å². The largest absolute Gasteiger partial charge is 0.487 e. The first-order valence-electron chi connectivity index (χ1n) is 10.3. The van der Waals surface area contributed by atoms with Gasteiger partial charge in [0.05, 0.1) is 17.5 Å². The molecule has 1 aliphatic heterocycles. The van der Waals surface area contributed by atoms with Crippen LogP contribution in [-0.4, -0.2) is 37.8 Å². The maximum absolute atomic E-state index is 12.8. The van der Waals surface area contributed by atoms with Crippen LogP contribution in [0.3, 0.4) is 0 Å². The fourth-order valence-corrected chi connectivity index (χ4v) is 4.97. The Morgan fingerprint density at radius 2 is 1.77 bits per heavy atom. The number of likely N-dealkylation sites (N-methyl/N-ethyl adjacent to an activating group) is 1. The topological polar surface area (TPSA) is 75.7 Å². The lowest BCUT2D eigenvalue weighted by Gasteiger charge is -2.41. The van der Waals surface area contributed by atoms with Gasteiger partial charge in [-0.25, -0.2) is 8.42 Å². The maximum atomic E-state index is 12.8. The minimum absolute atomic E-state index is 0.177. The predicted molar refractivity (Wildman–Crippen MR) is 117 cm³/mol. The molecule has 1 N–H and O–H groups in total. The molecule has 6 nitrogen and oxygen atoms in total. The number of para-hydroxylation sites is 1. The van der Waals surface area contributed by atoms with Crippen LogP contribution < -0.4 is 10.1 Å². The van der Waals surface area contributed by atoms with Crippen molar-refractivity contribution in [2.45, 2.75) is 56.6 Å². The fourth-order valence-electron chi connectivity index (χ4n) is 3.85. The van der Waals surface area contributed by atoms with Crippen molar-refractivity contribution in [2.24, 2.45) is 0 Å². The summed E-state index contributed by atoms with van der Waals surface area (Å²) in [4.78, 5) is 13.0. The Morgan fingerprint density at radius 3 is 2.40 bits per heavy atom. The summed E-state index contributed by atoms with van der Waals surface area (Å²) in [5.74, 6) is 0.439. The average molecular weight is 431 g/mol. The Labute approximate surface area is 179 Å². The summed E-state index contributed by atoms with van der Waals surface area (Å²) in [6.45, 7) is 5.81. The number of amides is 1. The first-order chi connectivity index (χ1) is 14.2. The number of rotatable bonds is 7. The summed E-state index contributed by atoms with van der Waals surface area (Å²) in [6, 6.07) is 14.1. The van der Waals surface area contributed by atoms with Crippen LogP contribution in [0.25, 0.3) is 0 Å². The van der Waals surface area contributed by atoms with E-state index in [1.165, 1.54) is 7.05 Å². The van der Waals surface area contributed by atoms with Crippen LogP contribution in [-0.2, 0) is 14.8 Å². The average Bonchev–Trinajstić information content (AvgIpc) is 2.73. The van der Waals surface area contributed by atoms with Crippen molar-refractivity contribution < 1.29 is 17.9 Å². The number of fused-ring (bicyclic) bond motifs is 1. The van der Waals surface area contributed by atoms with Gasteiger partial charge in [0.15, 0.2) is 0 Å². The quantitative estimate of drug-likeness (QED) is 0.725. The molecule has 0 aliphatic carbocycles. The Kier molecular flexibility index (Phi) is 6.53. The summed E-state index contributed by atoms with van der Waals surface area (Å²) < 4.78 is 32.9. The second kappa shape index (κ2) is 8.78. The number of sulfonamides is 1. The minimum atomic E-state index is -3.74. The zero-order chi connectivity index (χ0) is 21.9. The van der Waals surface area contributed by atoms with Gasteiger partial charge in [-0.2, -0.15) is 4.31 Å². The Balaban J connectivity index is 1.76. The number of nitrogens with zero attached hydrogens (tertiary/aromatic N) is 1. The molecule has 1 atom stereocenters. The lowest BCUT2D eigenvalue weighted by molar-refractivity contribution is -0.122. The lowest BCUT2D eigenvalue weighted by Crippen LogP contribution is -2.46. The van der Waals surface area contributed by atoms with Crippen LogP contribution in [0.2, 0.25) is 0 Å². The van der Waals surface area contributed by atoms with Gasteiger partial charge in [0.25, 0.3) is 0 Å². The maximum Gasteiger partial charge on any atom is 0.243 e. The molecule has 3 rings (SSSR count). The van der Waals surface area contributed by atoms with Crippen molar-refractivity contribution in [1.82, 2.24) is 9.62 Å². The molecule has 0 aromatic heterocycles. The van der Waals surface area contributed by atoms with Gasteiger partial charge in [-0.1, -0.05) is 49.7 Å². The molecular weight excluding hydrogens is 400 g/mol. The molecule has 30 heavy (non-hydrogen) atoms. The third kappa shape index (κ3) is 4.52. The molecule has 1 heterocycles. The molecule has 1 aliphatic rings. The van der Waals surface area contributed by atoms with E-state index < -0.39 is 10.0 Å². The highest BCUT2D eigenvalue weighted by molar-refractivity contribution is 7.89. The standard InChI is InChI=1S/C23H30N2O4S/c1-5-23(6-2)15-20(19-9-7-8-10-21(19)29-23)24-22(26)16-25(4)30(27,28)18-13-11-17(3)12-14-18/h7-14,20H,5-6,15-16H2,1-4H3,(H,24,26)/t20-/m1/s1. The van der Waals surface area contributed by atoms with Crippen molar-refractivity contribution in [1.29, 1.82) is 0 Å². The fraction of sp³-hybridized carbons (Fsp3) is 0.435. The van der Waals surface area contributed by atoms with Gasteiger partial charge in [0.2, 0.25) is 15.9 Å². The second-order valence-electron chi connectivity index (χ2n) is 7.93. The number of benzene rings is 2. The molecule has 2 aromatic carbocycles. The van der Waals surface area contributed by atoms with Gasteiger partial charge in [-0.05, 0) is 38.0 Å². The van der Waals surface area contributed by atoms with E-state index in [0.29, 0.717) is 6.42 Å². The van der Waals surface area contributed by atoms with Crippen molar-refractivity contribution in [3.63, 3.8) is 0 Å². The molecule has 1 amide bonds. The number of hydrogen-bond donors (Lipinski definition) is 1. The first kappa shape index (κ1) is 22.3. The van der Waals surface area contributed by atoms with Crippen molar-refractivity contribution in [3.05, 3.63) is 59.7 Å². The second-order valence-corrected chi connectivity index (χ2v) is 9.97. The number of nitrogens with one attached hydrogen (secondary N) is 1. The van der Waals surface area contributed by atoms with Crippen molar-refractivity contribution in [3.8, 4) is 5.75 Å². The van der Waals surface area contributed by atoms with Gasteiger partial charge in [-0.3, -0.25) is 4.79 Å². The van der Waals surface area contributed by atoms with Crippen LogP contribution in [0.5, 0.6) is 5.75 Å². The van der Waals surface area contributed by atoms with Crippen LogP contribution in [0, 0.1) is 6.92 Å². The summed E-state index contributed by atoms with van der Waals surface area (Å²) in [6.07, 6.45) is 2.30. The number of carbonyl (C=O) groups excluding carboxylic acids is 1. The predicted octanol–water partition coefficient (Wildman–Crippen LogP) is 3.81. The molecule has 0 fully saturated rings. The van der Waals surface area contributed by atoms with Crippen molar-refractivity contribution in [2.75, 3.05) is 13.6 Å². The molecule has 0 spiro atoms.